The molecule has 0 heterocycles. The molecule has 2 fully saturated rings. The molecule has 3 rings (SSSR count). The van der Waals surface area contributed by atoms with E-state index >= 15 is 0 Å². The third-order valence-corrected chi connectivity index (χ3v) is 6.66. The zero-order chi connectivity index (χ0) is 15.9. The molecule has 1 aromatic rings. The van der Waals surface area contributed by atoms with E-state index in [0.717, 1.165) is 23.7 Å². The predicted molar refractivity (Wildman–Crippen MR) is 101 cm³/mol. The Morgan fingerprint density at radius 1 is 0.696 bits per heavy atom. The van der Waals surface area contributed by atoms with E-state index < -0.39 is 0 Å². The smallest absolute Gasteiger partial charge is 0.0250 e. The summed E-state index contributed by atoms with van der Waals surface area (Å²) in [5.74, 6) is 4.14. The molecule has 23 heavy (non-hydrogen) atoms. The van der Waals surface area contributed by atoms with Gasteiger partial charge in [0.15, 0.2) is 0 Å². The van der Waals surface area contributed by atoms with Gasteiger partial charge in [-0.15, -0.1) is 0 Å². The highest BCUT2D eigenvalue weighted by atomic mass is 14.3. The Kier molecular flexibility index (Phi) is 6.60. The van der Waals surface area contributed by atoms with E-state index in [0.29, 0.717) is 0 Å². The lowest BCUT2D eigenvalue weighted by molar-refractivity contribution is 0.187. The Labute approximate surface area is 144 Å². The fourth-order valence-corrected chi connectivity index (χ4v) is 5.25. The maximum absolute atomic E-state index is 2.35. The lowest BCUT2D eigenvalue weighted by Crippen LogP contribution is -2.21. The molecule has 0 aromatic heterocycles. The first-order valence-electron chi connectivity index (χ1n) is 10.4. The number of hydrogen-bond donors (Lipinski definition) is 0. The van der Waals surface area contributed by atoms with Crippen molar-refractivity contribution < 1.29 is 0 Å². The third-order valence-electron chi connectivity index (χ3n) is 6.66. The molecule has 0 heteroatoms. The van der Waals surface area contributed by atoms with Crippen molar-refractivity contribution in [3.05, 3.63) is 35.9 Å². The third kappa shape index (κ3) is 5.37. The summed E-state index contributed by atoms with van der Waals surface area (Å²) in [6.07, 6.45) is 17.8. The van der Waals surface area contributed by atoms with Crippen molar-refractivity contribution in [3.63, 3.8) is 0 Å². The largest absolute Gasteiger partial charge is 0.0654 e. The summed E-state index contributed by atoms with van der Waals surface area (Å²) in [6, 6.07) is 11.1. The van der Waals surface area contributed by atoms with E-state index in [1.165, 1.54) is 70.6 Å². The number of hydrogen-bond acceptors (Lipinski definition) is 0. The van der Waals surface area contributed by atoms with Crippen LogP contribution in [-0.2, 0) is 6.42 Å². The average Bonchev–Trinajstić information content (AvgIpc) is 2.60. The average molecular weight is 313 g/mol. The summed E-state index contributed by atoms with van der Waals surface area (Å²) < 4.78 is 0. The van der Waals surface area contributed by atoms with Crippen LogP contribution in [0.25, 0.3) is 0 Å². The topological polar surface area (TPSA) is 0 Å². The minimum atomic E-state index is 0.953. The van der Waals surface area contributed by atoms with Crippen molar-refractivity contribution >= 4 is 0 Å². The monoisotopic (exact) mass is 312 g/mol. The van der Waals surface area contributed by atoms with Gasteiger partial charge in [0.05, 0.1) is 0 Å². The molecule has 1 aromatic carbocycles. The van der Waals surface area contributed by atoms with E-state index in [1.54, 1.807) is 12.0 Å². The van der Waals surface area contributed by atoms with Crippen molar-refractivity contribution in [2.24, 2.45) is 23.7 Å². The van der Waals surface area contributed by atoms with E-state index in [1.807, 2.05) is 0 Å². The van der Waals surface area contributed by atoms with Crippen LogP contribution in [0.2, 0.25) is 0 Å². The van der Waals surface area contributed by atoms with Crippen LogP contribution in [0, 0.1) is 23.7 Å². The second-order valence-electron chi connectivity index (χ2n) is 8.49. The first-order chi connectivity index (χ1) is 11.3. The SMILES string of the molecule is CCC[C@H]1CC[C@H](C[C@H]2CC[C@H](Cc3ccccc3)CC2)CC1. The maximum Gasteiger partial charge on any atom is -0.0250 e. The molecule has 2 aliphatic carbocycles. The lowest BCUT2D eigenvalue weighted by Gasteiger charge is -2.34. The van der Waals surface area contributed by atoms with Gasteiger partial charge in [0.2, 0.25) is 0 Å². The summed E-state index contributed by atoms with van der Waals surface area (Å²) in [4.78, 5) is 0. The zero-order valence-corrected chi connectivity index (χ0v) is 15.2. The maximum atomic E-state index is 2.35. The Morgan fingerprint density at radius 2 is 1.22 bits per heavy atom. The molecule has 0 saturated heterocycles. The molecule has 2 aliphatic rings. The number of rotatable bonds is 6. The molecule has 128 valence electrons. The molecule has 0 aliphatic heterocycles. The van der Waals surface area contributed by atoms with Crippen molar-refractivity contribution in [3.8, 4) is 0 Å². The van der Waals surface area contributed by atoms with Gasteiger partial charge in [0.1, 0.15) is 0 Å². The fourth-order valence-electron chi connectivity index (χ4n) is 5.25. The molecular weight excluding hydrogens is 276 g/mol. The molecule has 0 amide bonds. The minimum Gasteiger partial charge on any atom is -0.0654 e. The highest BCUT2D eigenvalue weighted by Gasteiger charge is 2.26. The molecule has 0 bridgehead atoms. The first kappa shape index (κ1) is 17.1. The van der Waals surface area contributed by atoms with Gasteiger partial charge < -0.3 is 0 Å². The van der Waals surface area contributed by atoms with Crippen LogP contribution in [0.5, 0.6) is 0 Å². The second-order valence-corrected chi connectivity index (χ2v) is 8.49. The van der Waals surface area contributed by atoms with Crippen molar-refractivity contribution in [2.45, 2.75) is 84.0 Å². The fraction of sp³-hybridized carbons (Fsp3) is 0.739. The van der Waals surface area contributed by atoms with Crippen LogP contribution in [0.4, 0.5) is 0 Å². The van der Waals surface area contributed by atoms with Crippen LogP contribution in [-0.4, -0.2) is 0 Å². The Balaban J connectivity index is 1.35. The quantitative estimate of drug-likeness (QED) is 0.529. The van der Waals surface area contributed by atoms with E-state index in [2.05, 4.69) is 37.3 Å². The Morgan fingerprint density at radius 3 is 1.78 bits per heavy atom. The van der Waals surface area contributed by atoms with Gasteiger partial charge in [0, 0.05) is 0 Å². The lowest BCUT2D eigenvalue weighted by atomic mass is 9.72. The molecule has 0 radical (unpaired) electrons. The highest BCUT2D eigenvalue weighted by molar-refractivity contribution is 5.15. The van der Waals surface area contributed by atoms with Crippen LogP contribution < -0.4 is 0 Å². The Hall–Kier alpha value is -0.780. The van der Waals surface area contributed by atoms with Crippen molar-refractivity contribution in [1.82, 2.24) is 0 Å². The van der Waals surface area contributed by atoms with E-state index in [4.69, 9.17) is 0 Å². The van der Waals surface area contributed by atoms with Gasteiger partial charge >= 0.3 is 0 Å². The van der Waals surface area contributed by atoms with Gasteiger partial charge in [-0.3, -0.25) is 0 Å². The predicted octanol–water partition coefficient (Wildman–Crippen LogP) is 7.03. The molecular formula is C23H36. The summed E-state index contributed by atoms with van der Waals surface area (Å²) in [5.41, 5.74) is 1.55. The van der Waals surface area contributed by atoms with Crippen LogP contribution in [0.1, 0.15) is 83.1 Å². The highest BCUT2D eigenvalue weighted by Crippen LogP contribution is 2.39. The summed E-state index contributed by atoms with van der Waals surface area (Å²) in [7, 11) is 0. The van der Waals surface area contributed by atoms with Crippen LogP contribution in [0.3, 0.4) is 0 Å². The molecule has 0 unspecified atom stereocenters. The molecule has 0 N–H and O–H groups in total. The molecule has 0 atom stereocenters. The molecule has 0 spiro atoms. The van der Waals surface area contributed by atoms with Crippen molar-refractivity contribution in [2.75, 3.05) is 0 Å². The molecule has 2 saturated carbocycles. The first-order valence-corrected chi connectivity index (χ1v) is 10.4. The summed E-state index contributed by atoms with van der Waals surface area (Å²) >= 11 is 0. The normalized spacial score (nSPS) is 31.9. The Bertz CT molecular complexity index is 419. The van der Waals surface area contributed by atoms with E-state index in [-0.39, 0.29) is 0 Å². The van der Waals surface area contributed by atoms with Gasteiger partial charge in [-0.25, -0.2) is 0 Å². The minimum absolute atomic E-state index is 0.953. The van der Waals surface area contributed by atoms with Crippen LogP contribution in [0.15, 0.2) is 30.3 Å². The zero-order valence-electron chi connectivity index (χ0n) is 15.2. The number of benzene rings is 1. The van der Waals surface area contributed by atoms with Gasteiger partial charge in [-0.2, -0.15) is 0 Å². The van der Waals surface area contributed by atoms with Gasteiger partial charge in [-0.1, -0.05) is 88.6 Å². The summed E-state index contributed by atoms with van der Waals surface area (Å²) in [6.45, 7) is 2.35. The van der Waals surface area contributed by atoms with Gasteiger partial charge in [-0.05, 0) is 54.9 Å². The standard InChI is InChI=1S/C23H36/c1-2-6-19-9-11-21(12-10-19)18-23-15-13-22(14-16-23)17-20-7-4-3-5-8-20/h3-5,7-8,19,21-23H,2,6,9-18H2,1H3/t19-,21-,22-,23-. The van der Waals surface area contributed by atoms with Gasteiger partial charge in [0.25, 0.3) is 0 Å². The molecule has 0 nitrogen and oxygen atoms in total. The van der Waals surface area contributed by atoms with Crippen LogP contribution >= 0.6 is 0 Å². The van der Waals surface area contributed by atoms with Crippen molar-refractivity contribution in [1.29, 1.82) is 0 Å². The second kappa shape index (κ2) is 8.90. The van der Waals surface area contributed by atoms with E-state index in [9.17, 15) is 0 Å². The summed E-state index contributed by atoms with van der Waals surface area (Å²) in [5, 5.41) is 0.